The number of rotatable bonds is 4. The van der Waals surface area contributed by atoms with E-state index in [1.165, 1.54) is 34.8 Å². The van der Waals surface area contributed by atoms with Crippen molar-refractivity contribution in [2.24, 2.45) is 5.73 Å². The van der Waals surface area contributed by atoms with Crippen LogP contribution in [0.3, 0.4) is 0 Å². The Morgan fingerprint density at radius 2 is 1.48 bits per heavy atom. The van der Waals surface area contributed by atoms with Gasteiger partial charge in [0.05, 0.1) is 5.54 Å². The summed E-state index contributed by atoms with van der Waals surface area (Å²) < 4.78 is 0. The van der Waals surface area contributed by atoms with Crippen LogP contribution in [0.5, 0.6) is 0 Å². The van der Waals surface area contributed by atoms with Crippen LogP contribution < -0.4 is 11.1 Å². The van der Waals surface area contributed by atoms with Crippen molar-refractivity contribution < 1.29 is 0 Å². The molecular weight excluding hydrogens is 356 g/mol. The third-order valence-corrected chi connectivity index (χ3v) is 7.02. The first-order chi connectivity index (χ1) is 14.0. The van der Waals surface area contributed by atoms with Crippen molar-refractivity contribution in [2.75, 3.05) is 28.2 Å². The summed E-state index contributed by atoms with van der Waals surface area (Å²) in [4.78, 5) is 6.18. The summed E-state index contributed by atoms with van der Waals surface area (Å²) in [6, 6.07) is 19.7. The maximum Gasteiger partial charge on any atom is 0.0588 e. The predicted octanol–water partition coefficient (Wildman–Crippen LogP) is 4.50. The Balaban J connectivity index is 0.00000117. The molecule has 4 N–H and O–H groups in total. The van der Waals surface area contributed by atoms with E-state index in [2.05, 4.69) is 104 Å². The third kappa shape index (κ3) is 3.61. The van der Waals surface area contributed by atoms with Gasteiger partial charge in [-0.05, 0) is 78.0 Å². The molecule has 156 valence electrons. The summed E-state index contributed by atoms with van der Waals surface area (Å²) >= 11 is 0. The minimum atomic E-state index is 0.0113. The van der Waals surface area contributed by atoms with E-state index in [1.54, 1.807) is 0 Å². The van der Waals surface area contributed by atoms with Crippen LogP contribution in [0.15, 0.2) is 54.6 Å². The second-order valence-corrected chi connectivity index (χ2v) is 8.29. The molecule has 0 aliphatic heterocycles. The first-order valence-electron chi connectivity index (χ1n) is 10.6. The van der Waals surface area contributed by atoms with Gasteiger partial charge in [0.25, 0.3) is 0 Å². The lowest BCUT2D eigenvalue weighted by Crippen LogP contribution is -2.52. The monoisotopic (exact) mass is 392 g/mol. The highest BCUT2D eigenvalue weighted by molar-refractivity contribution is 5.84. The standard InChI is InChI=1S/C24H31N3.CH5N/c1-18-20-12-8-9-13-21(20)26-22(18)23(25-2)14-16-24(17-15-23,27(3)4)19-10-6-5-7-11-19;1-2/h5-13,25-26H,14-17H2,1-4H3;2H2,1H3. The van der Waals surface area contributed by atoms with Crippen LogP contribution in [-0.2, 0) is 11.1 Å². The SMILES string of the molecule is CN.CNC1(c2[nH]c3ccccc3c2C)CCC(c2ccccc2)(N(C)C)CC1. The van der Waals surface area contributed by atoms with E-state index < -0.39 is 0 Å². The number of aromatic nitrogens is 1. The Bertz CT molecular complexity index is 918. The highest BCUT2D eigenvalue weighted by Crippen LogP contribution is 2.49. The smallest absolute Gasteiger partial charge is 0.0588 e. The van der Waals surface area contributed by atoms with Gasteiger partial charge in [0.1, 0.15) is 0 Å². The zero-order valence-corrected chi connectivity index (χ0v) is 18.5. The first kappa shape index (κ1) is 21.6. The molecule has 1 aliphatic carbocycles. The van der Waals surface area contributed by atoms with Gasteiger partial charge in [-0.15, -0.1) is 0 Å². The normalized spacial score (nSPS) is 24.4. The van der Waals surface area contributed by atoms with Crippen LogP contribution in [0.4, 0.5) is 0 Å². The Kier molecular flexibility index (Phi) is 6.47. The molecule has 0 atom stereocenters. The van der Waals surface area contributed by atoms with Crippen molar-refractivity contribution in [3.05, 3.63) is 71.4 Å². The summed E-state index contributed by atoms with van der Waals surface area (Å²) in [5.41, 5.74) is 10.1. The fraction of sp³-hybridized carbons (Fsp3) is 0.440. The quantitative estimate of drug-likeness (QED) is 0.613. The Labute approximate surface area is 175 Å². The second kappa shape index (κ2) is 8.70. The summed E-state index contributed by atoms with van der Waals surface area (Å²) in [5, 5.41) is 5.06. The van der Waals surface area contributed by atoms with Gasteiger partial charge >= 0.3 is 0 Å². The van der Waals surface area contributed by atoms with Gasteiger partial charge in [-0.1, -0.05) is 48.5 Å². The fourth-order valence-electron chi connectivity index (χ4n) is 5.22. The van der Waals surface area contributed by atoms with Crippen LogP contribution in [0.1, 0.15) is 42.5 Å². The minimum absolute atomic E-state index is 0.0113. The lowest BCUT2D eigenvalue weighted by atomic mass is 9.67. The van der Waals surface area contributed by atoms with Gasteiger partial charge in [-0.3, -0.25) is 4.90 Å². The van der Waals surface area contributed by atoms with Gasteiger partial charge in [0.15, 0.2) is 0 Å². The van der Waals surface area contributed by atoms with E-state index in [9.17, 15) is 0 Å². The summed E-state index contributed by atoms with van der Waals surface area (Å²) in [6.07, 6.45) is 4.51. The lowest BCUT2D eigenvalue weighted by molar-refractivity contribution is 0.0545. The molecule has 4 heteroatoms. The molecule has 0 unspecified atom stereocenters. The molecule has 1 heterocycles. The summed E-state index contributed by atoms with van der Waals surface area (Å²) in [5.74, 6) is 0. The maximum absolute atomic E-state index is 4.50. The zero-order valence-electron chi connectivity index (χ0n) is 18.5. The number of nitrogens with two attached hydrogens (primary N) is 1. The molecule has 0 bridgehead atoms. The molecule has 3 aromatic rings. The average molecular weight is 393 g/mol. The van der Waals surface area contributed by atoms with Crippen LogP contribution in [-0.4, -0.2) is 38.1 Å². The topological polar surface area (TPSA) is 57.1 Å². The molecule has 1 saturated carbocycles. The van der Waals surface area contributed by atoms with E-state index in [1.807, 2.05) is 0 Å². The molecule has 1 aliphatic rings. The molecular formula is C25H36N4. The summed E-state index contributed by atoms with van der Waals surface area (Å²) in [6.45, 7) is 2.26. The minimum Gasteiger partial charge on any atom is -0.357 e. The highest BCUT2D eigenvalue weighted by Gasteiger charge is 2.46. The number of fused-ring (bicyclic) bond motifs is 1. The number of hydrogen-bond donors (Lipinski definition) is 3. The first-order valence-corrected chi connectivity index (χ1v) is 10.6. The van der Waals surface area contributed by atoms with Crippen molar-refractivity contribution in [1.82, 2.24) is 15.2 Å². The van der Waals surface area contributed by atoms with Crippen molar-refractivity contribution in [3.8, 4) is 0 Å². The van der Waals surface area contributed by atoms with E-state index in [4.69, 9.17) is 0 Å². The Morgan fingerprint density at radius 3 is 2.03 bits per heavy atom. The van der Waals surface area contributed by atoms with Crippen molar-refractivity contribution in [3.63, 3.8) is 0 Å². The van der Waals surface area contributed by atoms with Gasteiger partial charge in [-0.2, -0.15) is 0 Å². The molecule has 4 rings (SSSR count). The predicted molar refractivity (Wildman–Crippen MR) is 124 cm³/mol. The van der Waals surface area contributed by atoms with Crippen molar-refractivity contribution in [1.29, 1.82) is 0 Å². The van der Waals surface area contributed by atoms with E-state index in [0.717, 1.165) is 25.7 Å². The molecule has 29 heavy (non-hydrogen) atoms. The number of nitrogens with one attached hydrogen (secondary N) is 2. The number of benzene rings is 2. The molecule has 0 spiro atoms. The van der Waals surface area contributed by atoms with E-state index >= 15 is 0 Å². The van der Waals surface area contributed by atoms with Crippen LogP contribution in [0.25, 0.3) is 10.9 Å². The number of para-hydroxylation sites is 1. The molecule has 0 amide bonds. The Morgan fingerprint density at radius 1 is 0.897 bits per heavy atom. The molecule has 1 fully saturated rings. The maximum atomic E-state index is 4.50. The Hall–Kier alpha value is -2.14. The fourth-order valence-corrected chi connectivity index (χ4v) is 5.22. The van der Waals surface area contributed by atoms with Crippen LogP contribution >= 0.6 is 0 Å². The van der Waals surface area contributed by atoms with Crippen LogP contribution in [0.2, 0.25) is 0 Å². The van der Waals surface area contributed by atoms with E-state index in [0.29, 0.717) is 0 Å². The molecule has 2 aromatic carbocycles. The number of H-pyrrole nitrogens is 1. The molecule has 0 radical (unpaired) electrons. The average Bonchev–Trinajstić information content (AvgIpc) is 3.13. The zero-order chi connectivity index (χ0) is 21.1. The van der Waals surface area contributed by atoms with Gasteiger partial charge < -0.3 is 16.0 Å². The van der Waals surface area contributed by atoms with Crippen molar-refractivity contribution in [2.45, 2.75) is 43.7 Å². The number of hydrogen-bond acceptors (Lipinski definition) is 3. The molecule has 4 nitrogen and oxygen atoms in total. The largest absolute Gasteiger partial charge is 0.357 e. The number of nitrogens with zero attached hydrogens (tertiary/aromatic N) is 1. The second-order valence-electron chi connectivity index (χ2n) is 8.29. The third-order valence-electron chi connectivity index (χ3n) is 7.02. The van der Waals surface area contributed by atoms with E-state index in [-0.39, 0.29) is 11.1 Å². The summed E-state index contributed by atoms with van der Waals surface area (Å²) in [7, 11) is 8.08. The van der Waals surface area contributed by atoms with Gasteiger partial charge in [-0.25, -0.2) is 0 Å². The van der Waals surface area contributed by atoms with Gasteiger partial charge in [0.2, 0.25) is 0 Å². The molecule has 0 saturated heterocycles. The van der Waals surface area contributed by atoms with Gasteiger partial charge in [0, 0.05) is 22.1 Å². The number of aromatic amines is 1. The highest BCUT2D eigenvalue weighted by atomic mass is 15.2. The van der Waals surface area contributed by atoms with Crippen molar-refractivity contribution >= 4 is 10.9 Å². The van der Waals surface area contributed by atoms with Crippen LogP contribution in [0, 0.1) is 6.92 Å². The lowest BCUT2D eigenvalue weighted by Gasteiger charge is -2.50. The number of aryl methyl sites for hydroxylation is 1. The molecule has 1 aromatic heterocycles.